The van der Waals surface area contributed by atoms with Crippen molar-refractivity contribution in [1.82, 2.24) is 14.9 Å². The summed E-state index contributed by atoms with van der Waals surface area (Å²) in [5.74, 6) is 0.203. The minimum atomic E-state index is -1.18. The van der Waals surface area contributed by atoms with Gasteiger partial charge in [-0.05, 0) is 74.1 Å². The Hall–Kier alpha value is -2.67. The highest BCUT2D eigenvalue weighted by molar-refractivity contribution is 7.09. The number of aromatic nitrogens is 2. The molecule has 0 bridgehead atoms. The molecule has 2 aromatic heterocycles. The molecule has 0 atom stereocenters. The van der Waals surface area contributed by atoms with Gasteiger partial charge >= 0.3 is 5.97 Å². The van der Waals surface area contributed by atoms with Crippen LogP contribution < -0.4 is 5.32 Å². The van der Waals surface area contributed by atoms with Gasteiger partial charge in [-0.1, -0.05) is 26.8 Å². The molecule has 176 valence electrons. The molecular weight excluding hydrogens is 434 g/mol. The molecule has 0 saturated heterocycles. The largest absolute Gasteiger partial charge is 0.480 e. The Kier molecular flexibility index (Phi) is 6.88. The van der Waals surface area contributed by atoms with Crippen molar-refractivity contribution in [1.29, 1.82) is 0 Å². The van der Waals surface area contributed by atoms with Crippen LogP contribution in [0.3, 0.4) is 0 Å². The minimum absolute atomic E-state index is 0.337. The molecule has 1 fully saturated rings. The van der Waals surface area contributed by atoms with Crippen LogP contribution in [0, 0.1) is 5.92 Å². The number of carbonyl (C=O) groups is 2. The van der Waals surface area contributed by atoms with E-state index < -0.39 is 11.5 Å². The highest BCUT2D eigenvalue weighted by Crippen LogP contribution is 2.33. The van der Waals surface area contributed by atoms with Gasteiger partial charge in [-0.2, -0.15) is 0 Å². The van der Waals surface area contributed by atoms with E-state index in [0.29, 0.717) is 30.4 Å². The Morgan fingerprint density at radius 2 is 1.97 bits per heavy atom. The average molecular weight is 468 g/mol. The summed E-state index contributed by atoms with van der Waals surface area (Å²) in [7, 11) is 0. The maximum absolute atomic E-state index is 13.1. The van der Waals surface area contributed by atoms with E-state index in [1.54, 1.807) is 17.4 Å². The van der Waals surface area contributed by atoms with Crippen molar-refractivity contribution >= 4 is 34.2 Å². The maximum Gasteiger partial charge on any atom is 0.329 e. The van der Waals surface area contributed by atoms with Crippen LogP contribution in [-0.4, -0.2) is 32.1 Å². The third-order valence-electron chi connectivity index (χ3n) is 7.13. The lowest BCUT2D eigenvalue weighted by molar-refractivity contribution is -0.146. The fourth-order valence-electron chi connectivity index (χ4n) is 4.98. The predicted molar refractivity (Wildman–Crippen MR) is 132 cm³/mol. The van der Waals surface area contributed by atoms with Crippen LogP contribution in [0.25, 0.3) is 11.0 Å². The molecule has 33 heavy (non-hydrogen) atoms. The number of benzene rings is 1. The first-order valence-corrected chi connectivity index (χ1v) is 12.8. The molecule has 1 amide bonds. The van der Waals surface area contributed by atoms with Gasteiger partial charge in [-0.3, -0.25) is 4.79 Å². The Balaban J connectivity index is 1.67. The van der Waals surface area contributed by atoms with Gasteiger partial charge in [0.1, 0.15) is 11.4 Å². The fourth-order valence-corrected chi connectivity index (χ4v) is 5.68. The van der Waals surface area contributed by atoms with Crippen LogP contribution in [-0.2, 0) is 11.2 Å². The van der Waals surface area contributed by atoms with Gasteiger partial charge in [-0.15, -0.1) is 11.3 Å². The first-order chi connectivity index (χ1) is 15.9. The summed E-state index contributed by atoms with van der Waals surface area (Å²) < 4.78 is 2.32. The number of carbonyl (C=O) groups excluding carboxylic acids is 1. The van der Waals surface area contributed by atoms with E-state index in [0.717, 1.165) is 49.0 Å². The zero-order valence-corrected chi connectivity index (χ0v) is 20.5. The lowest BCUT2D eigenvalue weighted by Crippen LogP contribution is -2.56. The second-order valence-corrected chi connectivity index (χ2v) is 10.4. The number of carboxylic acid groups (broad SMARTS) is 1. The SMILES string of the molecule is CCC(CC)n1c(Cc2cccs2)nc2cc(C(=O)NC3(C(=O)O)CCC(C)CC3)ccc21. The highest BCUT2D eigenvalue weighted by atomic mass is 32.1. The lowest BCUT2D eigenvalue weighted by Gasteiger charge is -2.36. The second kappa shape index (κ2) is 9.67. The van der Waals surface area contributed by atoms with Crippen molar-refractivity contribution in [2.75, 3.05) is 0 Å². The third-order valence-corrected chi connectivity index (χ3v) is 8.01. The summed E-state index contributed by atoms with van der Waals surface area (Å²) in [5.41, 5.74) is 1.07. The predicted octanol–water partition coefficient (Wildman–Crippen LogP) is 5.81. The van der Waals surface area contributed by atoms with Gasteiger partial charge in [0.15, 0.2) is 0 Å². The van der Waals surface area contributed by atoms with E-state index in [1.165, 1.54) is 4.88 Å². The van der Waals surface area contributed by atoms with Crippen LogP contribution in [0.4, 0.5) is 0 Å². The quantitative estimate of drug-likeness (QED) is 0.438. The molecule has 2 N–H and O–H groups in total. The van der Waals surface area contributed by atoms with E-state index in [1.807, 2.05) is 12.1 Å². The molecule has 0 radical (unpaired) electrons. The number of nitrogens with one attached hydrogen (secondary N) is 1. The smallest absolute Gasteiger partial charge is 0.329 e. The summed E-state index contributed by atoms with van der Waals surface area (Å²) in [6.07, 6.45) is 5.29. The van der Waals surface area contributed by atoms with Gasteiger partial charge < -0.3 is 15.0 Å². The Morgan fingerprint density at radius 1 is 1.24 bits per heavy atom. The Bertz CT molecular complexity index is 1120. The van der Waals surface area contributed by atoms with E-state index in [2.05, 4.69) is 48.2 Å². The summed E-state index contributed by atoms with van der Waals surface area (Å²) in [4.78, 5) is 31.4. The lowest BCUT2D eigenvalue weighted by atomic mass is 9.77. The van der Waals surface area contributed by atoms with Crippen molar-refractivity contribution < 1.29 is 14.7 Å². The van der Waals surface area contributed by atoms with Crippen molar-refractivity contribution in [3.8, 4) is 0 Å². The number of carboxylic acids is 1. The first kappa shape index (κ1) is 23.5. The number of aliphatic carboxylic acids is 1. The topological polar surface area (TPSA) is 84.2 Å². The van der Waals surface area contributed by atoms with Crippen LogP contribution in [0.5, 0.6) is 0 Å². The van der Waals surface area contributed by atoms with Gasteiger partial charge in [0.25, 0.3) is 5.91 Å². The molecule has 6 nitrogen and oxygen atoms in total. The van der Waals surface area contributed by atoms with Crippen LogP contribution in [0.1, 0.15) is 86.4 Å². The molecule has 0 unspecified atom stereocenters. The molecule has 4 rings (SSSR count). The van der Waals surface area contributed by atoms with Crippen LogP contribution in [0.2, 0.25) is 0 Å². The summed E-state index contributed by atoms with van der Waals surface area (Å²) in [6.45, 7) is 6.51. The molecule has 7 heteroatoms. The molecule has 1 saturated carbocycles. The van der Waals surface area contributed by atoms with Crippen molar-refractivity contribution in [2.24, 2.45) is 5.92 Å². The second-order valence-electron chi connectivity index (χ2n) is 9.35. The van der Waals surface area contributed by atoms with E-state index >= 15 is 0 Å². The van der Waals surface area contributed by atoms with Gasteiger partial charge in [0.2, 0.25) is 0 Å². The van der Waals surface area contributed by atoms with Crippen molar-refractivity contribution in [3.63, 3.8) is 0 Å². The third kappa shape index (κ3) is 4.69. The average Bonchev–Trinajstić information content (AvgIpc) is 3.44. The normalized spacial score (nSPS) is 20.9. The van der Waals surface area contributed by atoms with Crippen LogP contribution >= 0.6 is 11.3 Å². The minimum Gasteiger partial charge on any atom is -0.480 e. The van der Waals surface area contributed by atoms with E-state index in [-0.39, 0.29) is 5.91 Å². The number of thiophene rings is 1. The zero-order valence-electron chi connectivity index (χ0n) is 19.6. The molecule has 2 heterocycles. The fraction of sp³-hybridized carbons (Fsp3) is 0.500. The molecule has 1 aliphatic carbocycles. The van der Waals surface area contributed by atoms with Crippen molar-refractivity contribution in [2.45, 2.75) is 77.3 Å². The monoisotopic (exact) mass is 467 g/mol. The van der Waals surface area contributed by atoms with Gasteiger partial charge in [0.05, 0.1) is 11.0 Å². The van der Waals surface area contributed by atoms with Gasteiger partial charge in [0, 0.05) is 22.9 Å². The molecule has 1 aromatic carbocycles. The summed E-state index contributed by atoms with van der Waals surface area (Å²) in [5, 5.41) is 14.8. The van der Waals surface area contributed by atoms with E-state index in [4.69, 9.17) is 4.98 Å². The number of imidazole rings is 1. The highest BCUT2D eigenvalue weighted by Gasteiger charge is 2.42. The molecule has 1 aliphatic rings. The number of rotatable bonds is 8. The molecular formula is C26H33N3O3S. The first-order valence-electron chi connectivity index (χ1n) is 12.0. The number of hydrogen-bond donors (Lipinski definition) is 2. The summed E-state index contributed by atoms with van der Waals surface area (Å²) in [6, 6.07) is 10.1. The number of nitrogens with zero attached hydrogens (tertiary/aromatic N) is 2. The van der Waals surface area contributed by atoms with E-state index in [9.17, 15) is 14.7 Å². The standard InChI is InChI=1S/C26H33N3O3S/c1-4-19(5-2)29-22-9-8-18(15-21(22)27-23(29)16-20-7-6-14-33-20)24(30)28-26(25(31)32)12-10-17(3)11-13-26/h6-9,14-15,17,19H,4-5,10-13,16H2,1-3H3,(H,28,30)(H,31,32). The molecule has 3 aromatic rings. The number of hydrogen-bond acceptors (Lipinski definition) is 4. The van der Waals surface area contributed by atoms with Crippen molar-refractivity contribution in [3.05, 3.63) is 52.0 Å². The zero-order chi connectivity index (χ0) is 23.6. The maximum atomic E-state index is 13.1. The Morgan fingerprint density at radius 3 is 2.58 bits per heavy atom. The number of fused-ring (bicyclic) bond motifs is 1. The number of amides is 1. The van der Waals surface area contributed by atoms with Gasteiger partial charge in [-0.25, -0.2) is 9.78 Å². The Labute approximate surface area is 199 Å². The van der Waals surface area contributed by atoms with Crippen LogP contribution in [0.15, 0.2) is 35.7 Å². The molecule has 0 spiro atoms. The summed E-state index contributed by atoms with van der Waals surface area (Å²) >= 11 is 1.72. The molecule has 0 aliphatic heterocycles.